The Labute approximate surface area is 155 Å². The Kier molecular flexibility index (Phi) is 7.79. The molecule has 0 fully saturated rings. The Hall–Kier alpha value is -2.01. The quantitative estimate of drug-likeness (QED) is 0.506. The number of nitrogens with one attached hydrogen (secondary N) is 1. The van der Waals surface area contributed by atoms with E-state index in [0.29, 0.717) is 0 Å². The van der Waals surface area contributed by atoms with Gasteiger partial charge in [-0.3, -0.25) is 4.79 Å². The summed E-state index contributed by atoms with van der Waals surface area (Å²) in [6, 6.07) is 10.1. The number of hydrogen-bond acceptors (Lipinski definition) is 4. The number of benzene rings is 1. The number of aromatic nitrogens is 1. The summed E-state index contributed by atoms with van der Waals surface area (Å²) in [6.45, 7) is 4.43. The van der Waals surface area contributed by atoms with Crippen molar-refractivity contribution in [2.75, 3.05) is 6.54 Å². The van der Waals surface area contributed by atoms with Crippen LogP contribution in [0.5, 0.6) is 0 Å². The third-order valence-corrected chi connectivity index (χ3v) is 4.20. The molecule has 4 nitrogen and oxygen atoms in total. The molecule has 0 bridgehead atoms. The molecule has 2 rings (SSSR count). The van der Waals surface area contributed by atoms with Crippen LogP contribution in [0.4, 0.5) is 0 Å². The van der Waals surface area contributed by atoms with E-state index in [-0.39, 0.29) is 11.2 Å². The molecule has 1 amide bonds. The number of carbonyl (C=O) groups excluding carboxylic acids is 1. The fourth-order valence-electron chi connectivity index (χ4n) is 2.50. The minimum Gasteiger partial charge on any atom is -0.360 e. The molecule has 0 aliphatic carbocycles. The zero-order valence-corrected chi connectivity index (χ0v) is 15.8. The first-order valence-electron chi connectivity index (χ1n) is 8.73. The minimum absolute atomic E-state index is 0.000367. The van der Waals surface area contributed by atoms with Crippen LogP contribution in [0, 0.1) is 6.92 Å². The fraction of sp³-hybridized carbons (Fsp3) is 0.400. The van der Waals surface area contributed by atoms with Crippen molar-refractivity contribution < 1.29 is 9.32 Å². The molecule has 1 N–H and O–H groups in total. The van der Waals surface area contributed by atoms with Gasteiger partial charge >= 0.3 is 0 Å². The molecule has 1 aromatic carbocycles. The van der Waals surface area contributed by atoms with Crippen molar-refractivity contribution >= 4 is 24.6 Å². The first-order chi connectivity index (χ1) is 12.1. The smallest absolute Gasteiger partial charge is 0.232 e. The van der Waals surface area contributed by atoms with E-state index in [1.165, 1.54) is 0 Å². The maximum Gasteiger partial charge on any atom is 0.232 e. The van der Waals surface area contributed by atoms with E-state index in [1.54, 1.807) is 6.92 Å². The second-order valence-electron chi connectivity index (χ2n) is 6.09. The van der Waals surface area contributed by atoms with Crippen LogP contribution in [0.25, 0.3) is 17.3 Å². The number of rotatable bonds is 9. The van der Waals surface area contributed by atoms with Crippen LogP contribution >= 0.6 is 12.6 Å². The van der Waals surface area contributed by atoms with Crippen molar-refractivity contribution in [1.29, 1.82) is 0 Å². The highest BCUT2D eigenvalue weighted by Crippen LogP contribution is 2.26. The van der Waals surface area contributed by atoms with Gasteiger partial charge in [-0.05, 0) is 33.1 Å². The van der Waals surface area contributed by atoms with Crippen molar-refractivity contribution in [3.8, 4) is 11.3 Å². The van der Waals surface area contributed by atoms with Crippen LogP contribution in [-0.4, -0.2) is 22.9 Å². The van der Waals surface area contributed by atoms with Crippen LogP contribution in [-0.2, 0) is 4.79 Å². The molecular weight excluding hydrogens is 332 g/mol. The fourth-order valence-corrected chi connectivity index (χ4v) is 2.60. The van der Waals surface area contributed by atoms with Gasteiger partial charge in [0, 0.05) is 17.7 Å². The predicted octanol–water partition coefficient (Wildman–Crippen LogP) is 4.66. The number of allylic oxidation sites excluding steroid dienone is 1. The molecule has 1 atom stereocenters. The van der Waals surface area contributed by atoms with Gasteiger partial charge < -0.3 is 9.84 Å². The van der Waals surface area contributed by atoms with Crippen molar-refractivity contribution in [3.63, 3.8) is 0 Å². The number of thiol groups is 1. The first-order valence-corrected chi connectivity index (χ1v) is 9.25. The van der Waals surface area contributed by atoms with Crippen LogP contribution in [0.1, 0.15) is 43.9 Å². The van der Waals surface area contributed by atoms with Crippen molar-refractivity contribution in [1.82, 2.24) is 10.5 Å². The van der Waals surface area contributed by atoms with Crippen molar-refractivity contribution in [2.24, 2.45) is 0 Å². The molecule has 1 unspecified atom stereocenters. The molecular formula is C20H26N2O2S. The number of aryl methyl sites for hydroxylation is 1. The molecule has 2 aromatic rings. The highest BCUT2D eigenvalue weighted by atomic mass is 32.1. The highest BCUT2D eigenvalue weighted by Gasteiger charge is 2.11. The summed E-state index contributed by atoms with van der Waals surface area (Å²) in [4.78, 5) is 11.4. The topological polar surface area (TPSA) is 55.1 Å². The molecule has 0 aliphatic heterocycles. The van der Waals surface area contributed by atoms with Gasteiger partial charge in [0.1, 0.15) is 11.5 Å². The third-order valence-electron chi connectivity index (χ3n) is 3.97. The largest absolute Gasteiger partial charge is 0.360 e. The van der Waals surface area contributed by atoms with Crippen LogP contribution in [0.15, 0.2) is 40.9 Å². The second-order valence-corrected chi connectivity index (χ2v) is 6.86. The monoisotopic (exact) mass is 358 g/mol. The van der Waals surface area contributed by atoms with Gasteiger partial charge in [0.25, 0.3) is 0 Å². The molecule has 5 heteroatoms. The average molecular weight is 359 g/mol. The van der Waals surface area contributed by atoms with E-state index in [1.807, 2.05) is 37.3 Å². The molecule has 0 saturated heterocycles. The number of carbonyl (C=O) groups is 1. The van der Waals surface area contributed by atoms with Gasteiger partial charge in [-0.1, -0.05) is 54.1 Å². The lowest BCUT2D eigenvalue weighted by Gasteiger charge is -2.06. The summed E-state index contributed by atoms with van der Waals surface area (Å²) >= 11 is 4.10. The lowest BCUT2D eigenvalue weighted by atomic mass is 10.1. The number of amides is 1. The van der Waals surface area contributed by atoms with Crippen LogP contribution in [0.2, 0.25) is 0 Å². The van der Waals surface area contributed by atoms with Crippen molar-refractivity contribution in [2.45, 2.75) is 44.8 Å². The lowest BCUT2D eigenvalue weighted by molar-refractivity contribution is -0.120. The zero-order chi connectivity index (χ0) is 18.1. The summed E-state index contributed by atoms with van der Waals surface area (Å²) < 4.78 is 5.35. The van der Waals surface area contributed by atoms with E-state index in [2.05, 4.69) is 35.3 Å². The van der Waals surface area contributed by atoms with E-state index in [9.17, 15) is 4.79 Å². The number of nitrogens with zero attached hydrogens (tertiary/aromatic N) is 1. The molecule has 1 heterocycles. The van der Waals surface area contributed by atoms with Gasteiger partial charge in [0.2, 0.25) is 5.91 Å². The Morgan fingerprint density at radius 3 is 2.76 bits per heavy atom. The van der Waals surface area contributed by atoms with Gasteiger partial charge in [-0.2, -0.15) is 12.6 Å². The Bertz CT molecular complexity index is 693. The minimum atomic E-state index is -0.242. The van der Waals surface area contributed by atoms with Crippen LogP contribution in [0.3, 0.4) is 0 Å². The molecule has 0 spiro atoms. The lowest BCUT2D eigenvalue weighted by Crippen LogP contribution is -2.30. The highest BCUT2D eigenvalue weighted by molar-refractivity contribution is 7.81. The standard InChI is InChI=1S/C20H26N2O2S/c1-15-18(19(22-24-15)17-11-7-6-8-12-17)13-9-4-3-5-10-14-21-20(23)16(2)25/h6-9,11-13,16,25H,3-5,10,14H2,1-2H3,(H,21,23). The summed E-state index contributed by atoms with van der Waals surface area (Å²) in [7, 11) is 0. The normalized spacial score (nSPS) is 12.4. The number of unbranched alkanes of at least 4 members (excludes halogenated alkanes) is 3. The molecule has 0 aliphatic rings. The van der Waals surface area contributed by atoms with Crippen molar-refractivity contribution in [3.05, 3.63) is 47.7 Å². The summed E-state index contributed by atoms with van der Waals surface area (Å²) in [5, 5.41) is 6.82. The summed E-state index contributed by atoms with van der Waals surface area (Å²) in [6.07, 6.45) is 8.42. The zero-order valence-electron chi connectivity index (χ0n) is 14.9. The van der Waals surface area contributed by atoms with Gasteiger partial charge in [0.15, 0.2) is 0 Å². The SMILES string of the molecule is Cc1onc(-c2ccccc2)c1C=CCCCCCNC(=O)C(C)S. The first kappa shape index (κ1) is 19.3. The van der Waals surface area contributed by atoms with E-state index < -0.39 is 0 Å². The van der Waals surface area contributed by atoms with Gasteiger partial charge in [-0.15, -0.1) is 0 Å². The molecule has 0 saturated carbocycles. The average Bonchev–Trinajstić information content (AvgIpc) is 2.98. The van der Waals surface area contributed by atoms with Gasteiger partial charge in [0.05, 0.1) is 5.25 Å². The Morgan fingerprint density at radius 2 is 2.04 bits per heavy atom. The molecule has 1 aromatic heterocycles. The Morgan fingerprint density at radius 1 is 1.28 bits per heavy atom. The predicted molar refractivity (Wildman–Crippen MR) is 106 cm³/mol. The molecule has 25 heavy (non-hydrogen) atoms. The maximum absolute atomic E-state index is 11.4. The number of hydrogen-bond donors (Lipinski definition) is 2. The summed E-state index contributed by atoms with van der Waals surface area (Å²) in [5.41, 5.74) is 2.99. The maximum atomic E-state index is 11.4. The third kappa shape index (κ3) is 6.09. The second kappa shape index (κ2) is 10.1. The Balaban J connectivity index is 1.76. The van der Waals surface area contributed by atoms with E-state index >= 15 is 0 Å². The van der Waals surface area contributed by atoms with E-state index in [0.717, 1.165) is 54.8 Å². The molecule has 0 radical (unpaired) electrons. The summed E-state index contributed by atoms with van der Waals surface area (Å²) in [5.74, 6) is 0.832. The van der Waals surface area contributed by atoms with E-state index in [4.69, 9.17) is 4.52 Å². The van der Waals surface area contributed by atoms with Gasteiger partial charge in [-0.25, -0.2) is 0 Å². The van der Waals surface area contributed by atoms with Crippen LogP contribution < -0.4 is 5.32 Å². The molecule has 134 valence electrons.